The summed E-state index contributed by atoms with van der Waals surface area (Å²) >= 11 is 2.20. The number of anilines is 1. The molecule has 0 atom stereocenters. The molecule has 3 aliphatic rings. The van der Waals surface area contributed by atoms with Gasteiger partial charge in [0.1, 0.15) is 0 Å². The van der Waals surface area contributed by atoms with E-state index < -0.39 is 5.92 Å². The molecule has 7 nitrogen and oxygen atoms in total. The first-order valence-corrected chi connectivity index (χ1v) is 16.9. The van der Waals surface area contributed by atoms with Gasteiger partial charge >= 0.3 is 0 Å². The molecule has 1 heterocycles. The molecular formula is C37H45IN2O5. The van der Waals surface area contributed by atoms with Gasteiger partial charge in [-0.25, -0.2) is 0 Å². The number of amides is 1. The Morgan fingerprint density at radius 1 is 0.956 bits per heavy atom. The van der Waals surface area contributed by atoms with Crippen LogP contribution in [0, 0.1) is 28.2 Å². The zero-order chi connectivity index (χ0) is 32.8. The minimum atomic E-state index is -0.473. The van der Waals surface area contributed by atoms with E-state index in [0.717, 1.165) is 74.3 Å². The Bertz CT molecular complexity index is 1580. The number of methoxy groups -OCH3 is 1. The fraction of sp³-hybridized carbons (Fsp3) is 0.486. The molecule has 0 bridgehead atoms. The summed E-state index contributed by atoms with van der Waals surface area (Å²) in [5, 5.41) is 2.94. The Hall–Kier alpha value is -3.14. The Kier molecular flexibility index (Phi) is 9.28. The monoisotopic (exact) mass is 724 g/mol. The maximum atomic E-state index is 14.0. The second kappa shape index (κ2) is 12.6. The summed E-state index contributed by atoms with van der Waals surface area (Å²) in [5.41, 5.74) is 6.89. The van der Waals surface area contributed by atoms with Gasteiger partial charge in [0, 0.05) is 53.5 Å². The molecule has 45 heavy (non-hydrogen) atoms. The second-order valence-electron chi connectivity index (χ2n) is 14.4. The van der Waals surface area contributed by atoms with Crippen LogP contribution in [0.25, 0.3) is 0 Å². The van der Waals surface area contributed by atoms with Crippen molar-refractivity contribution in [2.45, 2.75) is 86.5 Å². The molecule has 2 aromatic carbocycles. The largest absolute Gasteiger partial charge is 0.493 e. The predicted molar refractivity (Wildman–Crippen MR) is 186 cm³/mol. The molecule has 1 amide bonds. The van der Waals surface area contributed by atoms with Crippen LogP contribution in [0.5, 0.6) is 11.5 Å². The van der Waals surface area contributed by atoms with E-state index in [0.29, 0.717) is 24.3 Å². The summed E-state index contributed by atoms with van der Waals surface area (Å²) in [5.74, 6) is 0.382. The molecule has 8 heteroatoms. The maximum Gasteiger partial charge on any atom is 0.262 e. The SMILES string of the molecule is CCCN1C2=C(C(=O)CC(C)(C)C2)C(c2cc(I)c(OCC(=O)Nc3cc(C)ccc3C)c(OC)c2)C2=C1CC(C)(C)CC2=O. The topological polar surface area (TPSA) is 84.9 Å². The standard InChI is InChI=1S/C37H45IN2O5/c1-9-12-40-26-16-36(4,5)18-28(41)33(26)32(34-27(40)17-37(6,7)19-29(34)42)23-14-24(38)35(30(15-23)44-8)45-20-31(43)39-25-13-21(2)10-11-22(25)3/h10-11,13-15,32H,9,12,16-20H2,1-8H3,(H,39,43). The van der Waals surface area contributed by atoms with E-state index in [4.69, 9.17) is 9.47 Å². The lowest BCUT2D eigenvalue weighted by molar-refractivity contribution is -0.120. The van der Waals surface area contributed by atoms with E-state index in [9.17, 15) is 14.4 Å². The number of benzene rings is 2. The van der Waals surface area contributed by atoms with E-state index in [1.165, 1.54) is 0 Å². The zero-order valence-corrected chi connectivity index (χ0v) is 29.9. The van der Waals surface area contributed by atoms with Gasteiger partial charge in [0.25, 0.3) is 5.91 Å². The molecule has 1 N–H and O–H groups in total. The van der Waals surface area contributed by atoms with Gasteiger partial charge in [0.05, 0.1) is 10.7 Å². The van der Waals surface area contributed by atoms with E-state index in [-0.39, 0.29) is 34.9 Å². The summed E-state index contributed by atoms with van der Waals surface area (Å²) in [6.07, 6.45) is 3.35. The second-order valence-corrected chi connectivity index (χ2v) is 15.5. The van der Waals surface area contributed by atoms with Crippen molar-refractivity contribution in [2.75, 3.05) is 25.6 Å². The maximum absolute atomic E-state index is 14.0. The van der Waals surface area contributed by atoms with E-state index in [1.54, 1.807) is 7.11 Å². The number of nitrogens with zero attached hydrogens (tertiary/aromatic N) is 1. The molecule has 0 saturated carbocycles. The first-order valence-electron chi connectivity index (χ1n) is 15.8. The molecule has 0 unspecified atom stereocenters. The molecule has 1 aliphatic heterocycles. The molecule has 0 fully saturated rings. The highest BCUT2D eigenvalue weighted by molar-refractivity contribution is 14.1. The van der Waals surface area contributed by atoms with Crippen molar-refractivity contribution < 1.29 is 23.9 Å². The molecule has 5 rings (SSSR count). The van der Waals surface area contributed by atoms with Crippen LogP contribution in [0.1, 0.15) is 89.3 Å². The molecule has 0 saturated heterocycles. The predicted octanol–water partition coefficient (Wildman–Crippen LogP) is 8.03. The molecule has 0 spiro atoms. The number of carbonyl (C=O) groups excluding carboxylic acids is 3. The van der Waals surface area contributed by atoms with Crippen LogP contribution in [0.3, 0.4) is 0 Å². The number of aryl methyl sites for hydroxylation is 2. The average Bonchev–Trinajstić information content (AvgIpc) is 2.93. The van der Waals surface area contributed by atoms with E-state index in [1.807, 2.05) is 44.2 Å². The number of carbonyl (C=O) groups is 3. The lowest BCUT2D eigenvalue weighted by Crippen LogP contribution is -2.44. The molecule has 2 aliphatic carbocycles. The van der Waals surface area contributed by atoms with Gasteiger partial charge in [-0.15, -0.1) is 0 Å². The van der Waals surface area contributed by atoms with Crippen LogP contribution in [0.4, 0.5) is 5.69 Å². The van der Waals surface area contributed by atoms with Crippen LogP contribution in [0.2, 0.25) is 0 Å². The fourth-order valence-corrected chi connectivity index (χ4v) is 7.90. The number of ether oxygens (including phenoxy) is 2. The summed E-state index contributed by atoms with van der Waals surface area (Å²) < 4.78 is 12.6. The fourth-order valence-electron chi connectivity index (χ4n) is 7.12. The molecule has 2 aromatic rings. The van der Waals surface area contributed by atoms with Crippen molar-refractivity contribution in [3.8, 4) is 11.5 Å². The average molecular weight is 725 g/mol. The third kappa shape index (κ3) is 6.71. The van der Waals surface area contributed by atoms with E-state index in [2.05, 4.69) is 67.4 Å². The summed E-state index contributed by atoms with van der Waals surface area (Å²) in [6, 6.07) is 9.78. The minimum absolute atomic E-state index is 0.106. The normalized spacial score (nSPS) is 19.4. The van der Waals surface area contributed by atoms with Gasteiger partial charge in [0.15, 0.2) is 29.7 Å². The summed E-state index contributed by atoms with van der Waals surface area (Å²) in [4.78, 5) is 43.3. The van der Waals surface area contributed by atoms with E-state index >= 15 is 0 Å². The van der Waals surface area contributed by atoms with Gasteiger partial charge in [-0.3, -0.25) is 14.4 Å². The number of allylic oxidation sites excluding steroid dienone is 4. The Morgan fingerprint density at radius 2 is 1.56 bits per heavy atom. The van der Waals surface area contributed by atoms with Crippen molar-refractivity contribution in [3.63, 3.8) is 0 Å². The number of hydrogen-bond acceptors (Lipinski definition) is 6. The van der Waals surface area contributed by atoms with Gasteiger partial charge in [-0.2, -0.15) is 0 Å². The number of ketones is 2. The first kappa shape index (κ1) is 33.2. The Labute approximate surface area is 280 Å². The molecule has 0 radical (unpaired) electrons. The van der Waals surface area contributed by atoms with Crippen molar-refractivity contribution in [1.29, 1.82) is 0 Å². The Balaban J connectivity index is 1.55. The highest BCUT2D eigenvalue weighted by Gasteiger charge is 2.49. The van der Waals surface area contributed by atoms with Crippen molar-refractivity contribution in [1.82, 2.24) is 4.90 Å². The zero-order valence-electron chi connectivity index (χ0n) is 27.8. The highest BCUT2D eigenvalue weighted by atomic mass is 127. The minimum Gasteiger partial charge on any atom is -0.493 e. The van der Waals surface area contributed by atoms with Crippen molar-refractivity contribution in [3.05, 3.63) is 73.1 Å². The number of halogens is 1. The van der Waals surface area contributed by atoms with Crippen LogP contribution >= 0.6 is 22.6 Å². The van der Waals surface area contributed by atoms with Crippen LogP contribution in [0.15, 0.2) is 52.9 Å². The third-order valence-electron chi connectivity index (χ3n) is 9.07. The smallest absolute Gasteiger partial charge is 0.262 e. The number of Topliss-reactive ketones (excluding diaryl/α,β-unsaturated/α-hetero) is 2. The summed E-state index contributed by atoms with van der Waals surface area (Å²) in [7, 11) is 1.57. The highest BCUT2D eigenvalue weighted by Crippen LogP contribution is 2.55. The lowest BCUT2D eigenvalue weighted by Gasteiger charge is -2.49. The van der Waals surface area contributed by atoms with Gasteiger partial charge in [-0.1, -0.05) is 46.8 Å². The lowest BCUT2D eigenvalue weighted by atomic mass is 9.63. The first-order chi connectivity index (χ1) is 21.1. The molecular weight excluding hydrogens is 679 g/mol. The van der Waals surface area contributed by atoms with Crippen LogP contribution in [-0.4, -0.2) is 42.6 Å². The quantitative estimate of drug-likeness (QED) is 0.278. The Morgan fingerprint density at radius 3 is 2.11 bits per heavy atom. The van der Waals surface area contributed by atoms with Crippen molar-refractivity contribution in [2.24, 2.45) is 10.8 Å². The third-order valence-corrected chi connectivity index (χ3v) is 9.87. The van der Waals surface area contributed by atoms with Crippen molar-refractivity contribution >= 4 is 45.8 Å². The molecule has 0 aromatic heterocycles. The van der Waals surface area contributed by atoms with Crippen LogP contribution < -0.4 is 14.8 Å². The van der Waals surface area contributed by atoms with Gasteiger partial charge in [-0.05, 0) is 101 Å². The van der Waals surface area contributed by atoms with Crippen LogP contribution in [-0.2, 0) is 14.4 Å². The van der Waals surface area contributed by atoms with Gasteiger partial charge < -0.3 is 19.7 Å². The number of hydrogen-bond donors (Lipinski definition) is 1. The van der Waals surface area contributed by atoms with Gasteiger partial charge in [0.2, 0.25) is 0 Å². The number of nitrogens with one attached hydrogen (secondary N) is 1. The summed E-state index contributed by atoms with van der Waals surface area (Å²) in [6.45, 7) is 15.3. The number of rotatable bonds is 8. The molecule has 240 valence electrons.